The zero-order chi connectivity index (χ0) is 21.6. The molecule has 0 spiro atoms. The Bertz CT molecular complexity index is 856. The topological polar surface area (TPSA) is 42.0 Å². The molecule has 166 valence electrons. The van der Waals surface area contributed by atoms with E-state index in [1.54, 1.807) is 7.11 Å². The number of rotatable bonds is 7. The summed E-state index contributed by atoms with van der Waals surface area (Å²) in [4.78, 5) is 17.5. The zero-order valence-corrected chi connectivity index (χ0v) is 18.8. The molecule has 0 aliphatic carbocycles. The van der Waals surface area contributed by atoms with Crippen LogP contribution in [0.2, 0.25) is 0 Å². The highest BCUT2D eigenvalue weighted by Crippen LogP contribution is 2.30. The van der Waals surface area contributed by atoms with Gasteiger partial charge < -0.3 is 19.3 Å². The summed E-state index contributed by atoms with van der Waals surface area (Å²) >= 11 is 0. The number of hydrogen-bond donors (Lipinski definition) is 0. The van der Waals surface area contributed by atoms with Gasteiger partial charge in [-0.25, -0.2) is 0 Å². The second-order valence-corrected chi connectivity index (χ2v) is 8.79. The number of nitrogens with zero attached hydrogens (tertiary/aromatic N) is 2. The van der Waals surface area contributed by atoms with Gasteiger partial charge in [0.1, 0.15) is 17.6 Å². The van der Waals surface area contributed by atoms with Crippen molar-refractivity contribution in [2.75, 3.05) is 39.8 Å². The molecule has 5 heteroatoms. The zero-order valence-electron chi connectivity index (χ0n) is 18.8. The summed E-state index contributed by atoms with van der Waals surface area (Å²) in [5.74, 6) is 1.97. The molecule has 2 heterocycles. The Morgan fingerprint density at radius 1 is 1.03 bits per heavy atom. The SMILES string of the molecule is COc1ccc(C(=O)N2CCCC2)c(OC2CCN(C[C@@H](C)c3ccccc3)CC2)c1. The van der Waals surface area contributed by atoms with Crippen LogP contribution >= 0.6 is 0 Å². The van der Waals surface area contributed by atoms with E-state index in [9.17, 15) is 4.79 Å². The van der Waals surface area contributed by atoms with Gasteiger partial charge in [0.2, 0.25) is 0 Å². The number of hydrogen-bond acceptors (Lipinski definition) is 4. The Morgan fingerprint density at radius 3 is 2.42 bits per heavy atom. The average molecular weight is 423 g/mol. The summed E-state index contributed by atoms with van der Waals surface area (Å²) in [5.41, 5.74) is 2.05. The van der Waals surface area contributed by atoms with E-state index in [2.05, 4.69) is 42.2 Å². The second kappa shape index (κ2) is 10.2. The van der Waals surface area contributed by atoms with Gasteiger partial charge in [-0.2, -0.15) is 0 Å². The smallest absolute Gasteiger partial charge is 0.257 e. The molecule has 2 aromatic carbocycles. The van der Waals surface area contributed by atoms with E-state index in [1.165, 1.54) is 5.56 Å². The molecule has 1 atom stereocenters. The first-order valence-electron chi connectivity index (χ1n) is 11.6. The van der Waals surface area contributed by atoms with Crippen LogP contribution in [0.15, 0.2) is 48.5 Å². The molecule has 0 aromatic heterocycles. The van der Waals surface area contributed by atoms with Crippen LogP contribution in [0.3, 0.4) is 0 Å². The summed E-state index contributed by atoms with van der Waals surface area (Å²) in [6.07, 6.45) is 4.22. The summed E-state index contributed by atoms with van der Waals surface area (Å²) in [7, 11) is 1.65. The minimum atomic E-state index is 0.0734. The quantitative estimate of drug-likeness (QED) is 0.655. The van der Waals surface area contributed by atoms with E-state index in [4.69, 9.17) is 9.47 Å². The van der Waals surface area contributed by atoms with Gasteiger partial charge >= 0.3 is 0 Å². The van der Waals surface area contributed by atoms with Gasteiger partial charge in [-0.1, -0.05) is 37.3 Å². The van der Waals surface area contributed by atoms with Crippen molar-refractivity contribution >= 4 is 5.91 Å². The molecule has 2 aliphatic rings. The molecule has 4 rings (SSSR count). The van der Waals surface area contributed by atoms with Crippen LogP contribution in [0.5, 0.6) is 11.5 Å². The molecule has 0 bridgehead atoms. The van der Waals surface area contributed by atoms with Crippen molar-refractivity contribution in [2.45, 2.75) is 44.6 Å². The molecule has 5 nitrogen and oxygen atoms in total. The third-order valence-corrected chi connectivity index (χ3v) is 6.54. The molecule has 0 saturated carbocycles. The fourth-order valence-electron chi connectivity index (χ4n) is 4.66. The molecule has 0 radical (unpaired) electrons. The molecule has 2 aliphatic heterocycles. The fourth-order valence-corrected chi connectivity index (χ4v) is 4.66. The minimum absolute atomic E-state index is 0.0734. The van der Waals surface area contributed by atoms with E-state index in [-0.39, 0.29) is 12.0 Å². The van der Waals surface area contributed by atoms with Crippen molar-refractivity contribution in [1.82, 2.24) is 9.80 Å². The molecule has 31 heavy (non-hydrogen) atoms. The molecular weight excluding hydrogens is 388 g/mol. The Labute approximate surface area is 185 Å². The summed E-state index contributed by atoms with van der Waals surface area (Å²) in [6, 6.07) is 16.3. The van der Waals surface area contributed by atoms with Crippen molar-refractivity contribution in [1.29, 1.82) is 0 Å². The van der Waals surface area contributed by atoms with E-state index >= 15 is 0 Å². The molecule has 2 saturated heterocycles. The maximum Gasteiger partial charge on any atom is 0.257 e. The van der Waals surface area contributed by atoms with E-state index < -0.39 is 0 Å². The first-order chi connectivity index (χ1) is 15.1. The van der Waals surface area contributed by atoms with Crippen LogP contribution in [0, 0.1) is 0 Å². The molecular formula is C26H34N2O3. The highest BCUT2D eigenvalue weighted by molar-refractivity contribution is 5.97. The third kappa shape index (κ3) is 5.40. The number of carbonyl (C=O) groups excluding carboxylic acids is 1. The number of ether oxygens (including phenoxy) is 2. The van der Waals surface area contributed by atoms with Crippen molar-refractivity contribution in [3.05, 3.63) is 59.7 Å². The van der Waals surface area contributed by atoms with Crippen LogP contribution in [-0.2, 0) is 0 Å². The van der Waals surface area contributed by atoms with Gasteiger partial charge in [0, 0.05) is 38.8 Å². The maximum atomic E-state index is 13.0. The number of amides is 1. The molecule has 2 aromatic rings. The predicted molar refractivity (Wildman–Crippen MR) is 123 cm³/mol. The minimum Gasteiger partial charge on any atom is -0.497 e. The number of carbonyl (C=O) groups is 1. The number of likely N-dealkylation sites (tertiary alicyclic amines) is 2. The summed E-state index contributed by atoms with van der Waals surface area (Å²) in [5, 5.41) is 0. The van der Waals surface area contributed by atoms with Crippen molar-refractivity contribution in [3.63, 3.8) is 0 Å². The van der Waals surface area contributed by atoms with Crippen LogP contribution in [0.1, 0.15) is 54.4 Å². The first-order valence-corrected chi connectivity index (χ1v) is 11.6. The van der Waals surface area contributed by atoms with Gasteiger partial charge in [-0.3, -0.25) is 4.79 Å². The third-order valence-electron chi connectivity index (χ3n) is 6.54. The van der Waals surface area contributed by atoms with Crippen LogP contribution in [-0.4, -0.2) is 61.6 Å². The molecule has 1 amide bonds. The van der Waals surface area contributed by atoms with Crippen LogP contribution in [0.25, 0.3) is 0 Å². The summed E-state index contributed by atoms with van der Waals surface area (Å²) in [6.45, 7) is 7.06. The first kappa shape index (κ1) is 21.7. The number of benzene rings is 2. The van der Waals surface area contributed by atoms with Crippen molar-refractivity contribution in [2.24, 2.45) is 0 Å². The predicted octanol–water partition coefficient (Wildman–Crippen LogP) is 4.58. The molecule has 2 fully saturated rings. The van der Waals surface area contributed by atoms with E-state index in [0.717, 1.165) is 64.2 Å². The Balaban J connectivity index is 1.37. The van der Waals surface area contributed by atoms with Gasteiger partial charge in [0.25, 0.3) is 5.91 Å². The number of methoxy groups -OCH3 is 1. The van der Waals surface area contributed by atoms with Crippen LogP contribution < -0.4 is 9.47 Å². The van der Waals surface area contributed by atoms with Gasteiger partial charge in [0.05, 0.1) is 12.7 Å². The Hall–Kier alpha value is -2.53. The molecule has 0 unspecified atom stereocenters. The lowest BCUT2D eigenvalue weighted by atomic mass is 9.99. The normalized spacial score (nSPS) is 18.7. The maximum absolute atomic E-state index is 13.0. The lowest BCUT2D eigenvalue weighted by Gasteiger charge is -2.34. The van der Waals surface area contributed by atoms with Gasteiger partial charge in [0.15, 0.2) is 0 Å². The fraction of sp³-hybridized carbons (Fsp3) is 0.500. The highest BCUT2D eigenvalue weighted by atomic mass is 16.5. The number of piperidine rings is 1. The molecule has 0 N–H and O–H groups in total. The monoisotopic (exact) mass is 422 g/mol. The van der Waals surface area contributed by atoms with Crippen molar-refractivity contribution in [3.8, 4) is 11.5 Å². The second-order valence-electron chi connectivity index (χ2n) is 8.79. The van der Waals surface area contributed by atoms with Crippen molar-refractivity contribution < 1.29 is 14.3 Å². The Morgan fingerprint density at radius 2 is 1.74 bits per heavy atom. The van der Waals surface area contributed by atoms with Gasteiger partial charge in [-0.05, 0) is 49.3 Å². The Kier molecular flexibility index (Phi) is 7.13. The van der Waals surface area contributed by atoms with Gasteiger partial charge in [-0.15, -0.1) is 0 Å². The van der Waals surface area contributed by atoms with E-state index in [1.807, 2.05) is 23.1 Å². The largest absolute Gasteiger partial charge is 0.497 e. The lowest BCUT2D eigenvalue weighted by Crippen LogP contribution is -2.40. The highest BCUT2D eigenvalue weighted by Gasteiger charge is 2.26. The average Bonchev–Trinajstić information content (AvgIpc) is 3.35. The summed E-state index contributed by atoms with van der Waals surface area (Å²) < 4.78 is 11.8. The van der Waals surface area contributed by atoms with Crippen LogP contribution in [0.4, 0.5) is 0 Å². The van der Waals surface area contributed by atoms with E-state index in [0.29, 0.717) is 17.2 Å². The standard InChI is InChI=1S/C26H34N2O3/c1-20(21-8-4-3-5-9-21)19-27-16-12-22(13-17-27)31-25-18-23(30-2)10-11-24(25)26(29)28-14-6-7-15-28/h3-5,8-11,18,20,22H,6-7,12-17,19H2,1-2H3/t20-/m1/s1. The lowest BCUT2D eigenvalue weighted by molar-refractivity contribution is 0.0765.